The van der Waals surface area contributed by atoms with Crippen LogP contribution in [0.1, 0.15) is 43.7 Å². The van der Waals surface area contributed by atoms with Crippen molar-refractivity contribution in [2.75, 3.05) is 13.7 Å². The summed E-state index contributed by atoms with van der Waals surface area (Å²) >= 11 is 0. The Kier molecular flexibility index (Phi) is 10.1. The summed E-state index contributed by atoms with van der Waals surface area (Å²) in [6, 6.07) is 22.5. The molecule has 0 bridgehead atoms. The van der Waals surface area contributed by atoms with E-state index in [1.165, 1.54) is 18.9 Å². The second-order valence-electron chi connectivity index (χ2n) is 7.82. The Bertz CT molecular complexity index is 1040. The topological polar surface area (TPSA) is 54.0 Å². The SMILES string of the molecule is CCCCCCOc1ccc(/C=C/C(=O)Oc2ccc(OCc3ccccc3)cc2)cc1OC. The Morgan fingerprint density at radius 3 is 2.32 bits per heavy atom. The Balaban J connectivity index is 1.49. The lowest BCUT2D eigenvalue weighted by molar-refractivity contribution is -0.128. The first kappa shape index (κ1) is 24.9. The number of benzene rings is 3. The van der Waals surface area contributed by atoms with Gasteiger partial charge in [0, 0.05) is 6.08 Å². The van der Waals surface area contributed by atoms with Crippen LogP contribution in [-0.4, -0.2) is 19.7 Å². The summed E-state index contributed by atoms with van der Waals surface area (Å²) < 4.78 is 22.4. The van der Waals surface area contributed by atoms with Gasteiger partial charge in [0.1, 0.15) is 18.1 Å². The largest absolute Gasteiger partial charge is 0.493 e. The van der Waals surface area contributed by atoms with Gasteiger partial charge in [0.15, 0.2) is 11.5 Å². The zero-order chi connectivity index (χ0) is 24.0. The average molecular weight is 461 g/mol. The van der Waals surface area contributed by atoms with Gasteiger partial charge in [0.05, 0.1) is 13.7 Å². The standard InChI is InChI=1S/C29H32O5/c1-3-4-5-9-20-32-27-18-12-23(21-28(27)31-2)13-19-29(30)34-26-16-14-25(15-17-26)33-22-24-10-7-6-8-11-24/h6-8,10-19,21H,3-5,9,20,22H2,1-2H3/b19-13+. The Morgan fingerprint density at radius 2 is 1.59 bits per heavy atom. The van der Waals surface area contributed by atoms with E-state index < -0.39 is 5.97 Å². The number of carbonyl (C=O) groups is 1. The molecule has 5 heteroatoms. The van der Waals surface area contributed by atoms with Crippen LogP contribution in [0.3, 0.4) is 0 Å². The van der Waals surface area contributed by atoms with Crippen LogP contribution in [0, 0.1) is 0 Å². The predicted molar refractivity (Wildman–Crippen MR) is 135 cm³/mol. The van der Waals surface area contributed by atoms with Gasteiger partial charge in [-0.15, -0.1) is 0 Å². The van der Waals surface area contributed by atoms with E-state index >= 15 is 0 Å². The maximum atomic E-state index is 12.2. The minimum atomic E-state index is -0.465. The summed E-state index contributed by atoms with van der Waals surface area (Å²) in [5, 5.41) is 0. The van der Waals surface area contributed by atoms with E-state index in [9.17, 15) is 4.79 Å². The molecule has 0 radical (unpaired) electrons. The summed E-state index contributed by atoms with van der Waals surface area (Å²) in [5.41, 5.74) is 1.91. The van der Waals surface area contributed by atoms with Crippen LogP contribution >= 0.6 is 0 Å². The van der Waals surface area contributed by atoms with Crippen molar-refractivity contribution in [2.45, 2.75) is 39.2 Å². The molecule has 0 unspecified atom stereocenters. The molecule has 0 fully saturated rings. The highest BCUT2D eigenvalue weighted by Gasteiger charge is 2.06. The van der Waals surface area contributed by atoms with Crippen LogP contribution in [0.4, 0.5) is 0 Å². The molecule has 3 rings (SSSR count). The van der Waals surface area contributed by atoms with Gasteiger partial charge < -0.3 is 18.9 Å². The quantitative estimate of drug-likeness (QED) is 0.121. The lowest BCUT2D eigenvalue weighted by Crippen LogP contribution is -2.03. The molecule has 0 amide bonds. The zero-order valence-electron chi connectivity index (χ0n) is 19.9. The minimum absolute atomic E-state index is 0.450. The first-order valence-corrected chi connectivity index (χ1v) is 11.7. The molecule has 5 nitrogen and oxygen atoms in total. The third-order valence-electron chi connectivity index (χ3n) is 5.15. The summed E-state index contributed by atoms with van der Waals surface area (Å²) in [7, 11) is 1.61. The molecule has 0 saturated carbocycles. The van der Waals surface area contributed by atoms with Crippen molar-refractivity contribution in [3.8, 4) is 23.0 Å². The summed E-state index contributed by atoms with van der Waals surface area (Å²) in [4.78, 5) is 12.2. The molecular formula is C29H32O5. The molecule has 3 aromatic rings. The van der Waals surface area contributed by atoms with Crippen LogP contribution in [0.5, 0.6) is 23.0 Å². The highest BCUT2D eigenvalue weighted by molar-refractivity contribution is 5.88. The molecule has 0 atom stereocenters. The van der Waals surface area contributed by atoms with Crippen LogP contribution < -0.4 is 18.9 Å². The molecule has 0 saturated heterocycles. The minimum Gasteiger partial charge on any atom is -0.493 e. The second kappa shape index (κ2) is 13.7. The van der Waals surface area contributed by atoms with Crippen LogP contribution in [-0.2, 0) is 11.4 Å². The molecule has 0 aliphatic rings. The van der Waals surface area contributed by atoms with Gasteiger partial charge in [-0.1, -0.05) is 62.6 Å². The van der Waals surface area contributed by atoms with Gasteiger partial charge in [-0.3, -0.25) is 0 Å². The van der Waals surface area contributed by atoms with E-state index in [1.807, 2.05) is 48.5 Å². The summed E-state index contributed by atoms with van der Waals surface area (Å²) in [5.74, 6) is 2.03. The van der Waals surface area contributed by atoms with Gasteiger partial charge in [0.2, 0.25) is 0 Å². The molecule has 0 heterocycles. The molecule has 34 heavy (non-hydrogen) atoms. The Labute approximate surface area is 201 Å². The lowest BCUT2D eigenvalue weighted by atomic mass is 10.2. The van der Waals surface area contributed by atoms with Gasteiger partial charge in [-0.25, -0.2) is 4.79 Å². The molecule has 178 valence electrons. The van der Waals surface area contributed by atoms with Crippen molar-refractivity contribution < 1.29 is 23.7 Å². The molecule has 0 aromatic heterocycles. The van der Waals surface area contributed by atoms with Gasteiger partial charge >= 0.3 is 5.97 Å². The van der Waals surface area contributed by atoms with Crippen molar-refractivity contribution in [1.82, 2.24) is 0 Å². The normalized spacial score (nSPS) is 10.8. The van der Waals surface area contributed by atoms with Crippen molar-refractivity contribution >= 4 is 12.0 Å². The lowest BCUT2D eigenvalue weighted by Gasteiger charge is -2.11. The number of ether oxygens (including phenoxy) is 4. The van der Waals surface area contributed by atoms with Crippen molar-refractivity contribution in [3.63, 3.8) is 0 Å². The summed E-state index contributed by atoms with van der Waals surface area (Å²) in [6.45, 7) is 3.33. The third kappa shape index (κ3) is 8.32. The number of carbonyl (C=O) groups excluding carboxylic acids is 1. The highest BCUT2D eigenvalue weighted by atomic mass is 16.5. The molecular weight excluding hydrogens is 428 g/mol. The van der Waals surface area contributed by atoms with Crippen molar-refractivity contribution in [1.29, 1.82) is 0 Å². The first-order chi connectivity index (χ1) is 16.7. The molecule has 0 N–H and O–H groups in total. The van der Waals surface area contributed by atoms with Crippen molar-refractivity contribution in [3.05, 3.63) is 90.0 Å². The number of rotatable bonds is 13. The Hall–Kier alpha value is -3.73. The maximum Gasteiger partial charge on any atom is 0.336 e. The number of hydrogen-bond donors (Lipinski definition) is 0. The van der Waals surface area contributed by atoms with Gasteiger partial charge in [-0.2, -0.15) is 0 Å². The highest BCUT2D eigenvalue weighted by Crippen LogP contribution is 2.29. The van der Waals surface area contributed by atoms with E-state index in [4.69, 9.17) is 18.9 Å². The fourth-order valence-corrected chi connectivity index (χ4v) is 3.28. The zero-order valence-corrected chi connectivity index (χ0v) is 19.9. The maximum absolute atomic E-state index is 12.2. The Morgan fingerprint density at radius 1 is 0.824 bits per heavy atom. The van der Waals surface area contributed by atoms with E-state index in [0.29, 0.717) is 36.2 Å². The van der Waals surface area contributed by atoms with E-state index in [2.05, 4.69) is 6.92 Å². The van der Waals surface area contributed by atoms with Crippen LogP contribution in [0.25, 0.3) is 6.08 Å². The van der Waals surface area contributed by atoms with E-state index in [0.717, 1.165) is 24.0 Å². The van der Waals surface area contributed by atoms with Crippen LogP contribution in [0.15, 0.2) is 78.9 Å². The number of hydrogen-bond acceptors (Lipinski definition) is 5. The number of esters is 1. The molecule has 0 aliphatic carbocycles. The molecule has 0 spiro atoms. The fraction of sp³-hybridized carbons (Fsp3) is 0.276. The van der Waals surface area contributed by atoms with Gasteiger partial charge in [-0.05, 0) is 60.0 Å². The van der Waals surface area contributed by atoms with Crippen LogP contribution in [0.2, 0.25) is 0 Å². The smallest absolute Gasteiger partial charge is 0.336 e. The second-order valence-corrected chi connectivity index (χ2v) is 7.82. The van der Waals surface area contributed by atoms with E-state index in [1.54, 1.807) is 37.5 Å². The number of methoxy groups -OCH3 is 1. The van der Waals surface area contributed by atoms with E-state index in [-0.39, 0.29) is 0 Å². The van der Waals surface area contributed by atoms with Crippen molar-refractivity contribution in [2.24, 2.45) is 0 Å². The monoisotopic (exact) mass is 460 g/mol. The fourth-order valence-electron chi connectivity index (χ4n) is 3.28. The average Bonchev–Trinajstić information content (AvgIpc) is 2.88. The molecule has 3 aromatic carbocycles. The third-order valence-corrected chi connectivity index (χ3v) is 5.15. The first-order valence-electron chi connectivity index (χ1n) is 11.7. The summed E-state index contributed by atoms with van der Waals surface area (Å²) in [6.07, 6.45) is 7.66. The predicted octanol–water partition coefficient (Wildman–Crippen LogP) is 6.85. The number of unbranched alkanes of at least 4 members (excludes halogenated alkanes) is 3. The van der Waals surface area contributed by atoms with Gasteiger partial charge in [0.25, 0.3) is 0 Å². The molecule has 0 aliphatic heterocycles.